The number of hydrogen-bond donors (Lipinski definition) is 0. The van der Waals surface area contributed by atoms with Crippen molar-refractivity contribution >= 4 is 0 Å². The third-order valence-corrected chi connectivity index (χ3v) is 5.41. The van der Waals surface area contributed by atoms with Crippen LogP contribution in [-0.4, -0.2) is 41.4 Å². The second kappa shape index (κ2) is 7.12. The number of aromatic nitrogens is 7. The Balaban J connectivity index is 1.59. The van der Waals surface area contributed by atoms with Gasteiger partial charge in [-0.25, -0.2) is 19.6 Å². The molecule has 0 N–H and O–H groups in total. The maximum Gasteiger partial charge on any atom is 0.238 e. The quantitative estimate of drug-likeness (QED) is 0.535. The molecule has 5 heterocycles. The number of imidazole rings is 1. The van der Waals surface area contributed by atoms with Gasteiger partial charge in [-0.3, -0.25) is 4.98 Å². The molecule has 0 spiro atoms. The number of aryl methyl sites for hydroxylation is 2. The number of rotatable bonds is 4. The third kappa shape index (κ3) is 3.06. The Bertz CT molecular complexity index is 1130. The minimum atomic E-state index is -0.00834. The smallest absolute Gasteiger partial charge is 0.238 e. The van der Waals surface area contributed by atoms with Gasteiger partial charge in [0.2, 0.25) is 5.88 Å². The maximum atomic E-state index is 5.63. The Morgan fingerprint density at radius 1 is 1.07 bits per heavy atom. The summed E-state index contributed by atoms with van der Waals surface area (Å²) in [6.45, 7) is 2.76. The van der Waals surface area contributed by atoms with Crippen LogP contribution in [0.4, 0.5) is 0 Å². The van der Waals surface area contributed by atoms with Crippen LogP contribution in [0.3, 0.4) is 0 Å². The molecule has 0 aliphatic carbocycles. The first-order valence-corrected chi connectivity index (χ1v) is 9.59. The van der Waals surface area contributed by atoms with E-state index < -0.39 is 0 Å². The summed E-state index contributed by atoms with van der Waals surface area (Å²) in [5.41, 5.74) is 3.75. The highest BCUT2D eigenvalue weighted by atomic mass is 16.5. The minimum absolute atomic E-state index is 0.00834. The van der Waals surface area contributed by atoms with E-state index in [0.29, 0.717) is 5.88 Å². The van der Waals surface area contributed by atoms with Gasteiger partial charge in [0.05, 0.1) is 30.7 Å². The average molecular weight is 387 g/mol. The van der Waals surface area contributed by atoms with Crippen molar-refractivity contribution in [1.82, 2.24) is 34.3 Å². The first kappa shape index (κ1) is 17.5. The topological polar surface area (TPSA) is 83.5 Å². The van der Waals surface area contributed by atoms with Crippen molar-refractivity contribution in [1.29, 1.82) is 0 Å². The molecule has 4 aromatic heterocycles. The molecule has 0 aromatic carbocycles. The lowest BCUT2D eigenvalue weighted by molar-refractivity contribution is 0.371. The van der Waals surface area contributed by atoms with E-state index in [4.69, 9.17) is 9.72 Å². The summed E-state index contributed by atoms with van der Waals surface area (Å²) in [7, 11) is 1.65. The van der Waals surface area contributed by atoms with Crippen molar-refractivity contribution in [2.45, 2.75) is 31.7 Å². The molecule has 4 aromatic rings. The van der Waals surface area contributed by atoms with Gasteiger partial charge in [-0.1, -0.05) is 6.07 Å². The normalized spacial score (nSPS) is 18.4. The van der Waals surface area contributed by atoms with Gasteiger partial charge in [0.15, 0.2) is 0 Å². The lowest BCUT2D eigenvalue weighted by Gasteiger charge is -2.30. The van der Waals surface area contributed by atoms with E-state index in [1.807, 2.05) is 52.8 Å². The van der Waals surface area contributed by atoms with E-state index in [1.165, 1.54) is 0 Å². The Kier molecular flexibility index (Phi) is 4.31. The largest absolute Gasteiger partial charge is 0.479 e. The van der Waals surface area contributed by atoms with Gasteiger partial charge in [0.25, 0.3) is 0 Å². The highest BCUT2D eigenvalue weighted by Gasteiger charge is 2.36. The van der Waals surface area contributed by atoms with Crippen LogP contribution in [-0.2, 0) is 6.54 Å². The van der Waals surface area contributed by atoms with Crippen molar-refractivity contribution in [2.24, 2.45) is 0 Å². The Morgan fingerprint density at radius 3 is 2.76 bits per heavy atom. The van der Waals surface area contributed by atoms with E-state index in [2.05, 4.69) is 26.1 Å². The van der Waals surface area contributed by atoms with Gasteiger partial charge in [-0.05, 0) is 37.6 Å². The van der Waals surface area contributed by atoms with E-state index in [9.17, 15) is 0 Å². The van der Waals surface area contributed by atoms with E-state index in [-0.39, 0.29) is 11.8 Å². The summed E-state index contributed by atoms with van der Waals surface area (Å²) in [5, 5.41) is 4.37. The molecule has 8 heteroatoms. The molecule has 0 radical (unpaired) electrons. The average Bonchev–Trinajstić information content (AvgIpc) is 3.42. The predicted molar refractivity (Wildman–Crippen MR) is 106 cm³/mol. The molecule has 5 rings (SSSR count). The summed E-state index contributed by atoms with van der Waals surface area (Å²) in [6.07, 6.45) is 8.07. The number of fused-ring (bicyclic) bond motifs is 1. The second-order valence-corrected chi connectivity index (χ2v) is 7.16. The van der Waals surface area contributed by atoms with Gasteiger partial charge < -0.3 is 9.30 Å². The zero-order valence-electron chi connectivity index (χ0n) is 16.3. The number of pyridine rings is 2. The first-order valence-electron chi connectivity index (χ1n) is 9.59. The van der Waals surface area contributed by atoms with Gasteiger partial charge >= 0.3 is 0 Å². The molecule has 0 amide bonds. The molecule has 0 saturated carbocycles. The van der Waals surface area contributed by atoms with Crippen LogP contribution in [0.2, 0.25) is 0 Å². The van der Waals surface area contributed by atoms with Crippen molar-refractivity contribution in [3.8, 4) is 11.6 Å². The molecule has 8 nitrogen and oxygen atoms in total. The van der Waals surface area contributed by atoms with Gasteiger partial charge in [-0.15, -0.1) is 0 Å². The zero-order valence-corrected chi connectivity index (χ0v) is 16.3. The zero-order chi connectivity index (χ0) is 19.8. The SMILES string of the molecule is COc1nc(C2CCn3ncnc3C2c2ccccn2)ccc1-n1cnc(C)c1. The summed E-state index contributed by atoms with van der Waals surface area (Å²) in [6, 6.07) is 10.1. The lowest BCUT2D eigenvalue weighted by atomic mass is 9.81. The van der Waals surface area contributed by atoms with Crippen LogP contribution in [0.1, 0.15) is 41.2 Å². The highest BCUT2D eigenvalue weighted by Crippen LogP contribution is 2.42. The molecule has 0 saturated heterocycles. The molecule has 0 bridgehead atoms. The van der Waals surface area contributed by atoms with Crippen molar-refractivity contribution < 1.29 is 4.74 Å². The maximum absolute atomic E-state index is 5.63. The third-order valence-electron chi connectivity index (χ3n) is 5.41. The fraction of sp³-hybridized carbons (Fsp3) is 0.286. The molecule has 2 unspecified atom stereocenters. The van der Waals surface area contributed by atoms with Gasteiger partial charge in [0, 0.05) is 30.6 Å². The molecule has 1 aliphatic rings. The fourth-order valence-corrected chi connectivity index (χ4v) is 4.06. The molecule has 29 heavy (non-hydrogen) atoms. The summed E-state index contributed by atoms with van der Waals surface area (Å²) < 4.78 is 9.52. The fourth-order valence-electron chi connectivity index (χ4n) is 4.06. The van der Waals surface area contributed by atoms with Crippen molar-refractivity contribution in [2.75, 3.05) is 7.11 Å². The monoisotopic (exact) mass is 387 g/mol. The van der Waals surface area contributed by atoms with Crippen LogP contribution in [0.25, 0.3) is 5.69 Å². The Morgan fingerprint density at radius 2 is 2.00 bits per heavy atom. The van der Waals surface area contributed by atoms with Gasteiger partial charge in [0.1, 0.15) is 17.8 Å². The second-order valence-electron chi connectivity index (χ2n) is 7.16. The van der Waals surface area contributed by atoms with Gasteiger partial charge in [-0.2, -0.15) is 5.10 Å². The molecule has 0 fully saturated rings. The molecular weight excluding hydrogens is 366 g/mol. The number of methoxy groups -OCH3 is 1. The van der Waals surface area contributed by atoms with Crippen molar-refractivity contribution in [3.05, 3.63) is 78.3 Å². The van der Waals surface area contributed by atoms with Crippen LogP contribution in [0.5, 0.6) is 5.88 Å². The molecular formula is C21H21N7O. The number of nitrogens with zero attached hydrogens (tertiary/aromatic N) is 7. The van der Waals surface area contributed by atoms with Crippen LogP contribution >= 0.6 is 0 Å². The Hall–Kier alpha value is -3.55. The van der Waals surface area contributed by atoms with Crippen LogP contribution in [0.15, 0.2) is 55.4 Å². The molecule has 1 aliphatic heterocycles. The molecule has 146 valence electrons. The van der Waals surface area contributed by atoms with E-state index in [0.717, 1.165) is 41.6 Å². The summed E-state index contributed by atoms with van der Waals surface area (Å²) in [5.74, 6) is 1.63. The number of hydrogen-bond acceptors (Lipinski definition) is 6. The Labute approximate surface area is 168 Å². The number of ether oxygens (including phenoxy) is 1. The first-order chi connectivity index (χ1) is 14.2. The predicted octanol–water partition coefficient (Wildman–Crippen LogP) is 2.89. The van der Waals surface area contributed by atoms with Crippen molar-refractivity contribution in [3.63, 3.8) is 0 Å². The lowest BCUT2D eigenvalue weighted by Crippen LogP contribution is -2.26. The molecule has 2 atom stereocenters. The minimum Gasteiger partial charge on any atom is -0.479 e. The summed E-state index contributed by atoms with van der Waals surface area (Å²) >= 11 is 0. The van der Waals surface area contributed by atoms with Crippen LogP contribution < -0.4 is 4.74 Å². The standard InChI is InChI=1S/C21H21N7O/c1-14-11-27(13-24-14)18-7-6-16(26-21(18)29-2)15-8-10-28-20(23-12-25-28)19(15)17-5-3-4-9-22-17/h3-7,9,11-13,15,19H,8,10H2,1-2H3. The van der Waals surface area contributed by atoms with Crippen LogP contribution in [0, 0.1) is 6.92 Å². The van der Waals surface area contributed by atoms with E-state index >= 15 is 0 Å². The highest BCUT2D eigenvalue weighted by molar-refractivity contribution is 5.44. The van der Waals surface area contributed by atoms with E-state index in [1.54, 1.807) is 19.8 Å². The summed E-state index contributed by atoms with van der Waals surface area (Å²) in [4.78, 5) is 18.3.